The van der Waals surface area contributed by atoms with Crippen LogP contribution in [0.25, 0.3) is 0 Å². The van der Waals surface area contributed by atoms with Gasteiger partial charge in [0.2, 0.25) is 0 Å². The van der Waals surface area contributed by atoms with Gasteiger partial charge in [0, 0.05) is 7.11 Å². The molecule has 1 aliphatic carbocycles. The predicted octanol–water partition coefficient (Wildman–Crippen LogP) is 0.545. The van der Waals surface area contributed by atoms with Gasteiger partial charge in [0.25, 0.3) is 0 Å². The molecule has 0 amide bonds. The second kappa shape index (κ2) is 6.58. The second-order valence-corrected chi connectivity index (χ2v) is 2.82. The van der Waals surface area contributed by atoms with Crippen molar-refractivity contribution in [3.8, 4) is 0 Å². The molecule has 1 saturated carbocycles. The minimum absolute atomic E-state index is 0.139. The van der Waals surface area contributed by atoms with E-state index in [2.05, 4.69) is 0 Å². The first-order chi connectivity index (χ1) is 5.20. The molecule has 1 atom stereocenters. The predicted molar refractivity (Wildman–Crippen MR) is 43.4 cm³/mol. The van der Waals surface area contributed by atoms with Crippen molar-refractivity contribution in [2.24, 2.45) is 0 Å². The summed E-state index contributed by atoms with van der Waals surface area (Å²) in [5.74, 6) is 0. The molecular weight excluding hydrogens is 144 g/mol. The van der Waals surface area contributed by atoms with Crippen LogP contribution in [0.2, 0.25) is 0 Å². The lowest BCUT2D eigenvalue weighted by Gasteiger charge is -2.22. The molecule has 0 aromatic rings. The zero-order valence-corrected chi connectivity index (χ0v) is 7.29. The van der Waals surface area contributed by atoms with Gasteiger partial charge in [-0.1, -0.05) is 0 Å². The highest BCUT2D eigenvalue weighted by molar-refractivity contribution is 4.67. The van der Waals surface area contributed by atoms with Crippen molar-refractivity contribution in [2.75, 3.05) is 13.7 Å². The van der Waals surface area contributed by atoms with Crippen LogP contribution in [0.1, 0.15) is 26.2 Å². The normalized spacial score (nSPS) is 19.6. The Morgan fingerprint density at radius 3 is 2.00 bits per heavy atom. The second-order valence-electron chi connectivity index (χ2n) is 2.82. The van der Waals surface area contributed by atoms with E-state index in [9.17, 15) is 0 Å². The van der Waals surface area contributed by atoms with E-state index in [4.69, 9.17) is 14.9 Å². The van der Waals surface area contributed by atoms with Crippen LogP contribution in [0, 0.1) is 0 Å². The quantitative estimate of drug-likeness (QED) is 0.623. The molecule has 1 rings (SSSR count). The van der Waals surface area contributed by atoms with Crippen LogP contribution in [0.3, 0.4) is 0 Å². The molecule has 0 saturated heterocycles. The van der Waals surface area contributed by atoms with Gasteiger partial charge < -0.3 is 14.9 Å². The maximum atomic E-state index is 8.11. The zero-order chi connectivity index (χ0) is 8.69. The van der Waals surface area contributed by atoms with Gasteiger partial charge in [-0.25, -0.2) is 0 Å². The SMILES string of the molecule is CC(O)CO.COC1CCC1. The van der Waals surface area contributed by atoms with E-state index in [0.29, 0.717) is 6.10 Å². The van der Waals surface area contributed by atoms with Crippen molar-refractivity contribution >= 4 is 0 Å². The van der Waals surface area contributed by atoms with E-state index < -0.39 is 6.10 Å². The van der Waals surface area contributed by atoms with Gasteiger partial charge in [0.15, 0.2) is 0 Å². The first-order valence-corrected chi connectivity index (χ1v) is 4.02. The summed E-state index contributed by atoms with van der Waals surface area (Å²) in [5, 5.41) is 16.0. The van der Waals surface area contributed by atoms with Crippen molar-refractivity contribution in [2.45, 2.75) is 38.4 Å². The smallest absolute Gasteiger partial charge is 0.0742 e. The van der Waals surface area contributed by atoms with Gasteiger partial charge >= 0.3 is 0 Å². The Kier molecular flexibility index (Phi) is 6.51. The molecule has 0 bridgehead atoms. The molecule has 0 heterocycles. The van der Waals surface area contributed by atoms with Crippen molar-refractivity contribution in [3.63, 3.8) is 0 Å². The Morgan fingerprint density at radius 1 is 1.55 bits per heavy atom. The molecule has 0 aliphatic heterocycles. The topological polar surface area (TPSA) is 49.7 Å². The highest BCUT2D eigenvalue weighted by Gasteiger charge is 2.14. The molecule has 1 fully saturated rings. The summed E-state index contributed by atoms with van der Waals surface area (Å²) < 4.78 is 4.99. The largest absolute Gasteiger partial charge is 0.394 e. The Bertz CT molecular complexity index is 76.7. The summed E-state index contributed by atoms with van der Waals surface area (Å²) in [7, 11) is 1.78. The summed E-state index contributed by atoms with van der Waals surface area (Å²) in [5.41, 5.74) is 0. The van der Waals surface area contributed by atoms with Crippen LogP contribution >= 0.6 is 0 Å². The summed E-state index contributed by atoms with van der Waals surface area (Å²) in [6.45, 7) is 1.39. The van der Waals surface area contributed by atoms with Gasteiger partial charge in [-0.3, -0.25) is 0 Å². The van der Waals surface area contributed by atoms with E-state index in [-0.39, 0.29) is 6.61 Å². The van der Waals surface area contributed by atoms with Gasteiger partial charge in [-0.05, 0) is 26.2 Å². The molecule has 0 aromatic heterocycles. The number of ether oxygens (including phenoxy) is 1. The Hall–Kier alpha value is -0.120. The molecule has 2 N–H and O–H groups in total. The molecule has 0 spiro atoms. The molecule has 1 aliphatic rings. The number of aliphatic hydroxyl groups excluding tert-OH is 2. The zero-order valence-electron chi connectivity index (χ0n) is 7.29. The van der Waals surface area contributed by atoms with E-state index in [1.54, 1.807) is 7.11 Å². The summed E-state index contributed by atoms with van der Waals surface area (Å²) in [4.78, 5) is 0. The van der Waals surface area contributed by atoms with Crippen LogP contribution in [0.4, 0.5) is 0 Å². The molecule has 0 aromatic carbocycles. The third kappa shape index (κ3) is 6.28. The van der Waals surface area contributed by atoms with Crippen molar-refractivity contribution in [1.29, 1.82) is 0 Å². The maximum absolute atomic E-state index is 8.11. The summed E-state index contributed by atoms with van der Waals surface area (Å²) in [6, 6.07) is 0. The lowest BCUT2D eigenvalue weighted by molar-refractivity contribution is 0.0412. The Morgan fingerprint density at radius 2 is 2.00 bits per heavy atom. The third-order valence-electron chi connectivity index (χ3n) is 1.65. The van der Waals surface area contributed by atoms with Crippen LogP contribution in [0.5, 0.6) is 0 Å². The molecular formula is C8H18O3. The highest BCUT2D eigenvalue weighted by atomic mass is 16.5. The van der Waals surface area contributed by atoms with Crippen molar-refractivity contribution in [3.05, 3.63) is 0 Å². The third-order valence-corrected chi connectivity index (χ3v) is 1.65. The van der Waals surface area contributed by atoms with Crippen LogP contribution in [0.15, 0.2) is 0 Å². The van der Waals surface area contributed by atoms with Gasteiger partial charge in [0.05, 0.1) is 18.8 Å². The fourth-order valence-corrected chi connectivity index (χ4v) is 0.606. The van der Waals surface area contributed by atoms with Crippen molar-refractivity contribution in [1.82, 2.24) is 0 Å². The molecule has 3 heteroatoms. The van der Waals surface area contributed by atoms with E-state index in [1.807, 2.05) is 0 Å². The van der Waals surface area contributed by atoms with E-state index >= 15 is 0 Å². The minimum atomic E-state index is -0.560. The number of aliphatic hydroxyl groups is 2. The average molecular weight is 162 g/mol. The first-order valence-electron chi connectivity index (χ1n) is 4.02. The number of hydrogen-bond acceptors (Lipinski definition) is 3. The van der Waals surface area contributed by atoms with Gasteiger partial charge in [-0.2, -0.15) is 0 Å². The molecule has 11 heavy (non-hydrogen) atoms. The maximum Gasteiger partial charge on any atom is 0.0742 e. The standard InChI is InChI=1S/C5H10O.C3H8O2/c1-6-5-3-2-4-5;1-3(5)2-4/h5H,2-4H2,1H3;3-5H,2H2,1H3. The van der Waals surface area contributed by atoms with Crippen LogP contribution in [-0.4, -0.2) is 36.1 Å². The Balaban J connectivity index is 0.000000187. The monoisotopic (exact) mass is 162 g/mol. The minimum Gasteiger partial charge on any atom is -0.394 e. The highest BCUT2D eigenvalue weighted by Crippen LogP contribution is 2.20. The van der Waals surface area contributed by atoms with Crippen molar-refractivity contribution < 1.29 is 14.9 Å². The molecule has 3 nitrogen and oxygen atoms in total. The van der Waals surface area contributed by atoms with E-state index in [1.165, 1.54) is 26.2 Å². The summed E-state index contributed by atoms with van der Waals surface area (Å²) >= 11 is 0. The van der Waals surface area contributed by atoms with Gasteiger partial charge in [-0.15, -0.1) is 0 Å². The van der Waals surface area contributed by atoms with Gasteiger partial charge in [0.1, 0.15) is 0 Å². The Labute approximate surface area is 68.0 Å². The molecule has 1 unspecified atom stereocenters. The van der Waals surface area contributed by atoms with Crippen LogP contribution < -0.4 is 0 Å². The van der Waals surface area contributed by atoms with E-state index in [0.717, 1.165) is 0 Å². The lowest BCUT2D eigenvalue weighted by Crippen LogP contribution is -2.18. The number of methoxy groups -OCH3 is 1. The lowest BCUT2D eigenvalue weighted by atomic mass is 9.96. The summed E-state index contributed by atoms with van der Waals surface area (Å²) in [6.07, 6.45) is 4.01. The number of rotatable bonds is 2. The van der Waals surface area contributed by atoms with Crippen LogP contribution in [-0.2, 0) is 4.74 Å². The molecule has 0 radical (unpaired) electrons. The fraction of sp³-hybridized carbons (Fsp3) is 1.00. The number of hydrogen-bond donors (Lipinski definition) is 2. The average Bonchev–Trinajstić information content (AvgIpc) is 1.87. The fourth-order valence-electron chi connectivity index (χ4n) is 0.606. The molecule has 68 valence electrons. The first kappa shape index (κ1) is 10.9.